The lowest BCUT2D eigenvalue weighted by Crippen LogP contribution is -2.12. The van der Waals surface area contributed by atoms with Gasteiger partial charge in [0, 0.05) is 9.92 Å². The van der Waals surface area contributed by atoms with Crippen LogP contribution in [-0.2, 0) is 10.5 Å². The molecule has 3 rings (SSSR count). The van der Waals surface area contributed by atoms with Crippen LogP contribution in [0.4, 0.5) is 0 Å². The van der Waals surface area contributed by atoms with E-state index in [2.05, 4.69) is 9.97 Å². The van der Waals surface area contributed by atoms with E-state index >= 15 is 0 Å². The predicted molar refractivity (Wildman–Crippen MR) is 94.7 cm³/mol. The summed E-state index contributed by atoms with van der Waals surface area (Å²) >= 11 is 7.39. The van der Waals surface area contributed by atoms with Crippen LogP contribution in [0, 0.1) is 0 Å². The van der Waals surface area contributed by atoms with Gasteiger partial charge in [-0.3, -0.25) is 4.79 Å². The van der Waals surface area contributed by atoms with Gasteiger partial charge in [0.1, 0.15) is 5.82 Å². The third-order valence-corrected chi connectivity index (χ3v) is 4.64. The van der Waals surface area contributed by atoms with Crippen LogP contribution in [0.3, 0.4) is 0 Å². The maximum atomic E-state index is 12.2. The first kappa shape index (κ1) is 16.5. The number of aromatic amines is 1. The smallest absolute Gasteiger partial charge is 0.337 e. The number of ether oxygens (including phenoxy) is 1. The summed E-state index contributed by atoms with van der Waals surface area (Å²) in [6, 6.07) is 12.1. The van der Waals surface area contributed by atoms with E-state index in [1.165, 1.54) is 18.9 Å². The molecule has 0 saturated heterocycles. The van der Waals surface area contributed by atoms with E-state index in [0.29, 0.717) is 33.1 Å². The lowest BCUT2D eigenvalue weighted by molar-refractivity contribution is 0.0601. The first-order chi connectivity index (χ1) is 11.6. The lowest BCUT2D eigenvalue weighted by atomic mass is 10.1. The van der Waals surface area contributed by atoms with Gasteiger partial charge in [0.05, 0.1) is 29.3 Å². The highest BCUT2D eigenvalue weighted by Gasteiger charge is 2.10. The molecule has 3 aromatic rings. The standard InChI is InChI=1S/C17H13ClN2O3S/c1-23-17(22)10-2-7-13-14(8-10)19-15(20-16(13)21)9-24-12-5-3-11(18)4-6-12/h2-8H,9H2,1H3,(H,19,20,21). The number of H-pyrrole nitrogens is 1. The third kappa shape index (κ3) is 3.60. The van der Waals surface area contributed by atoms with Crippen molar-refractivity contribution >= 4 is 40.2 Å². The number of nitrogens with one attached hydrogen (secondary N) is 1. The number of nitrogens with zero attached hydrogens (tertiary/aromatic N) is 1. The first-order valence-corrected chi connectivity index (χ1v) is 8.43. The number of esters is 1. The number of aromatic nitrogens is 2. The van der Waals surface area contributed by atoms with Crippen molar-refractivity contribution in [3.8, 4) is 0 Å². The highest BCUT2D eigenvalue weighted by molar-refractivity contribution is 7.98. The zero-order valence-corrected chi connectivity index (χ0v) is 14.3. The van der Waals surface area contributed by atoms with Crippen LogP contribution in [0.5, 0.6) is 0 Å². The van der Waals surface area contributed by atoms with Crippen LogP contribution in [0.1, 0.15) is 16.2 Å². The third-order valence-electron chi connectivity index (χ3n) is 3.37. The number of thioether (sulfide) groups is 1. The van der Waals surface area contributed by atoms with Crippen LogP contribution >= 0.6 is 23.4 Å². The van der Waals surface area contributed by atoms with E-state index in [1.807, 2.05) is 24.3 Å². The molecule has 0 aliphatic rings. The van der Waals surface area contributed by atoms with Crippen LogP contribution in [-0.4, -0.2) is 23.0 Å². The Kier molecular flexibility index (Phi) is 4.87. The summed E-state index contributed by atoms with van der Waals surface area (Å²) in [5.74, 6) is 0.570. The number of hydrogen-bond donors (Lipinski definition) is 1. The zero-order valence-electron chi connectivity index (χ0n) is 12.7. The number of benzene rings is 2. The van der Waals surface area contributed by atoms with Crippen LogP contribution < -0.4 is 5.56 Å². The molecule has 0 amide bonds. The maximum absolute atomic E-state index is 12.2. The number of carbonyl (C=O) groups is 1. The quantitative estimate of drug-likeness (QED) is 0.568. The number of hydrogen-bond acceptors (Lipinski definition) is 5. The summed E-state index contributed by atoms with van der Waals surface area (Å²) < 4.78 is 4.69. The van der Waals surface area contributed by atoms with Gasteiger partial charge in [-0.05, 0) is 42.5 Å². The molecular formula is C17H13ClN2O3S. The fraction of sp³-hybridized carbons (Fsp3) is 0.118. The highest BCUT2D eigenvalue weighted by Crippen LogP contribution is 2.23. The average Bonchev–Trinajstić information content (AvgIpc) is 2.60. The number of rotatable bonds is 4. The topological polar surface area (TPSA) is 72.1 Å². The van der Waals surface area contributed by atoms with Gasteiger partial charge in [-0.25, -0.2) is 9.78 Å². The molecule has 0 spiro atoms. The van der Waals surface area contributed by atoms with Gasteiger partial charge in [-0.1, -0.05) is 11.6 Å². The molecule has 0 saturated carbocycles. The molecule has 0 unspecified atom stereocenters. The minimum absolute atomic E-state index is 0.233. The van der Waals surface area contributed by atoms with Crippen LogP contribution in [0.25, 0.3) is 10.9 Å². The number of fused-ring (bicyclic) bond motifs is 1. The summed E-state index contributed by atoms with van der Waals surface area (Å²) in [7, 11) is 1.31. The van der Waals surface area contributed by atoms with Crippen molar-refractivity contribution < 1.29 is 9.53 Å². The summed E-state index contributed by atoms with van der Waals surface area (Å²) in [4.78, 5) is 32.0. The van der Waals surface area contributed by atoms with E-state index in [1.54, 1.807) is 18.2 Å². The molecule has 0 bridgehead atoms. The van der Waals surface area contributed by atoms with Crippen molar-refractivity contribution in [1.29, 1.82) is 0 Å². The van der Waals surface area contributed by atoms with Crippen molar-refractivity contribution in [3.63, 3.8) is 0 Å². The predicted octanol–water partition coefficient (Wildman–Crippen LogP) is 3.66. The summed E-state index contributed by atoms with van der Waals surface area (Å²) in [6.07, 6.45) is 0. The molecule has 0 aliphatic heterocycles. The molecule has 7 heteroatoms. The van der Waals surface area contributed by atoms with E-state index in [4.69, 9.17) is 16.3 Å². The Morgan fingerprint density at radius 3 is 2.71 bits per heavy atom. The van der Waals surface area contributed by atoms with Crippen molar-refractivity contribution in [1.82, 2.24) is 9.97 Å². The average molecular weight is 361 g/mol. The van der Waals surface area contributed by atoms with Crippen LogP contribution in [0.15, 0.2) is 52.2 Å². The molecule has 1 aromatic heterocycles. The van der Waals surface area contributed by atoms with E-state index in [9.17, 15) is 9.59 Å². The zero-order chi connectivity index (χ0) is 17.1. The Morgan fingerprint density at radius 1 is 1.25 bits per heavy atom. The Labute approximate surface area is 147 Å². The Morgan fingerprint density at radius 2 is 2.00 bits per heavy atom. The molecule has 5 nitrogen and oxygen atoms in total. The maximum Gasteiger partial charge on any atom is 0.337 e. The highest BCUT2D eigenvalue weighted by atomic mass is 35.5. The fourth-order valence-electron chi connectivity index (χ4n) is 2.18. The second kappa shape index (κ2) is 7.07. The minimum Gasteiger partial charge on any atom is -0.465 e. The number of methoxy groups -OCH3 is 1. The molecule has 24 heavy (non-hydrogen) atoms. The molecule has 1 N–H and O–H groups in total. The Hall–Kier alpha value is -2.31. The first-order valence-electron chi connectivity index (χ1n) is 7.06. The van der Waals surface area contributed by atoms with Crippen molar-refractivity contribution in [3.05, 3.63) is 69.2 Å². The lowest BCUT2D eigenvalue weighted by Gasteiger charge is -2.05. The minimum atomic E-state index is -0.462. The number of carbonyl (C=O) groups excluding carboxylic acids is 1. The van der Waals surface area contributed by atoms with Crippen molar-refractivity contribution in [2.75, 3.05) is 7.11 Å². The molecular weight excluding hydrogens is 348 g/mol. The second-order valence-corrected chi connectivity index (χ2v) is 6.46. The van der Waals surface area contributed by atoms with E-state index in [0.717, 1.165) is 4.90 Å². The molecule has 0 aliphatic carbocycles. The van der Waals surface area contributed by atoms with Crippen LogP contribution in [0.2, 0.25) is 5.02 Å². The molecule has 0 radical (unpaired) electrons. The molecule has 122 valence electrons. The van der Waals surface area contributed by atoms with E-state index < -0.39 is 5.97 Å². The number of halogens is 1. The van der Waals surface area contributed by atoms with Crippen molar-refractivity contribution in [2.24, 2.45) is 0 Å². The van der Waals surface area contributed by atoms with Gasteiger partial charge in [0.25, 0.3) is 5.56 Å². The van der Waals surface area contributed by atoms with Gasteiger partial charge in [0.15, 0.2) is 0 Å². The summed E-state index contributed by atoms with van der Waals surface area (Å²) in [6.45, 7) is 0. The largest absolute Gasteiger partial charge is 0.465 e. The fourth-order valence-corrected chi connectivity index (χ4v) is 3.08. The summed E-state index contributed by atoms with van der Waals surface area (Å²) in [5, 5.41) is 1.11. The molecule has 0 atom stereocenters. The van der Waals surface area contributed by atoms with E-state index in [-0.39, 0.29) is 5.56 Å². The molecule has 1 heterocycles. The Bertz CT molecular complexity index is 954. The normalized spacial score (nSPS) is 10.8. The van der Waals surface area contributed by atoms with Gasteiger partial charge in [0.2, 0.25) is 0 Å². The Balaban J connectivity index is 1.89. The second-order valence-electron chi connectivity index (χ2n) is 4.98. The SMILES string of the molecule is COC(=O)c1ccc2c(=O)[nH]c(CSc3ccc(Cl)cc3)nc2c1. The van der Waals surface area contributed by atoms with Gasteiger partial charge in [-0.15, -0.1) is 11.8 Å². The van der Waals surface area contributed by atoms with Gasteiger partial charge < -0.3 is 9.72 Å². The van der Waals surface area contributed by atoms with Crippen molar-refractivity contribution in [2.45, 2.75) is 10.6 Å². The van der Waals surface area contributed by atoms with Gasteiger partial charge >= 0.3 is 5.97 Å². The van der Waals surface area contributed by atoms with Gasteiger partial charge in [-0.2, -0.15) is 0 Å². The molecule has 2 aromatic carbocycles. The summed E-state index contributed by atoms with van der Waals surface area (Å²) in [5.41, 5.74) is 0.593. The molecule has 0 fully saturated rings. The monoisotopic (exact) mass is 360 g/mol.